The number of aromatic nitrogens is 1. The molecule has 0 aliphatic rings. The molecule has 94 valence electrons. The summed E-state index contributed by atoms with van der Waals surface area (Å²) < 4.78 is 15.0. The smallest absolute Gasteiger partial charge is 0.145 e. The topological polar surface area (TPSA) is 12.9 Å². The van der Waals surface area contributed by atoms with E-state index in [-0.39, 0.29) is 11.7 Å². The molecule has 1 heterocycles. The van der Waals surface area contributed by atoms with Crippen LogP contribution in [-0.2, 0) is 0 Å². The van der Waals surface area contributed by atoms with E-state index in [1.165, 1.54) is 6.20 Å². The Morgan fingerprint density at radius 1 is 1.17 bits per heavy atom. The highest BCUT2D eigenvalue weighted by molar-refractivity contribution is 9.10. The second kappa shape index (κ2) is 5.19. The highest BCUT2D eigenvalue weighted by Crippen LogP contribution is 2.33. The number of halogens is 2. The molecular weight excluding hydrogens is 293 g/mol. The van der Waals surface area contributed by atoms with E-state index in [9.17, 15) is 4.39 Å². The molecule has 0 saturated heterocycles. The van der Waals surface area contributed by atoms with Gasteiger partial charge in [0.05, 0.1) is 6.20 Å². The molecule has 0 aliphatic carbocycles. The molecular formula is C15H15BrFN. The first-order valence-electron chi connectivity index (χ1n) is 5.90. The summed E-state index contributed by atoms with van der Waals surface area (Å²) in [5.41, 5.74) is 3.76. The van der Waals surface area contributed by atoms with Gasteiger partial charge in [-0.15, -0.1) is 0 Å². The van der Waals surface area contributed by atoms with Crippen LogP contribution in [0.5, 0.6) is 0 Å². The van der Waals surface area contributed by atoms with Crippen molar-refractivity contribution >= 4 is 15.9 Å². The number of hydrogen-bond donors (Lipinski definition) is 0. The van der Waals surface area contributed by atoms with Gasteiger partial charge in [-0.1, -0.05) is 35.8 Å². The maximum absolute atomic E-state index is 13.9. The molecule has 1 aromatic heterocycles. The molecule has 1 aromatic carbocycles. The first kappa shape index (κ1) is 13.2. The molecule has 0 unspecified atom stereocenters. The van der Waals surface area contributed by atoms with Gasteiger partial charge in [-0.3, -0.25) is 4.98 Å². The normalized spacial score (nSPS) is 11.0. The van der Waals surface area contributed by atoms with E-state index in [0.29, 0.717) is 0 Å². The summed E-state index contributed by atoms with van der Waals surface area (Å²) in [5.74, 6) is -0.101. The van der Waals surface area contributed by atoms with Gasteiger partial charge >= 0.3 is 0 Å². The zero-order valence-electron chi connectivity index (χ0n) is 10.7. The summed E-state index contributed by atoms with van der Waals surface area (Å²) >= 11 is 3.44. The monoisotopic (exact) mass is 307 g/mol. The maximum Gasteiger partial charge on any atom is 0.145 e. The van der Waals surface area contributed by atoms with E-state index < -0.39 is 0 Å². The summed E-state index contributed by atoms with van der Waals surface area (Å²) in [7, 11) is 0. The second-order valence-corrected chi connectivity index (χ2v) is 5.61. The molecule has 0 radical (unpaired) electrons. The van der Waals surface area contributed by atoms with Gasteiger partial charge in [0.25, 0.3) is 0 Å². The third-order valence-corrected chi connectivity index (χ3v) is 3.49. The third-order valence-electron chi connectivity index (χ3n) is 2.99. The van der Waals surface area contributed by atoms with Gasteiger partial charge in [-0.2, -0.15) is 0 Å². The lowest BCUT2D eigenvalue weighted by Gasteiger charge is -2.15. The summed E-state index contributed by atoms with van der Waals surface area (Å²) in [5, 5.41) is 0. The molecule has 0 amide bonds. The van der Waals surface area contributed by atoms with Crippen LogP contribution < -0.4 is 0 Å². The van der Waals surface area contributed by atoms with Crippen molar-refractivity contribution in [3.05, 3.63) is 52.0 Å². The van der Waals surface area contributed by atoms with Crippen molar-refractivity contribution in [3.8, 4) is 11.1 Å². The summed E-state index contributed by atoms with van der Waals surface area (Å²) in [6.45, 7) is 6.02. The van der Waals surface area contributed by atoms with Crippen LogP contribution in [0.2, 0.25) is 0 Å². The minimum atomic E-state index is -0.232. The van der Waals surface area contributed by atoms with Crippen molar-refractivity contribution in [1.29, 1.82) is 0 Å². The number of aryl methyl sites for hydroxylation is 1. The fourth-order valence-corrected chi connectivity index (χ4v) is 2.65. The first-order chi connectivity index (χ1) is 8.50. The largest absolute Gasteiger partial charge is 0.261 e. The zero-order valence-corrected chi connectivity index (χ0v) is 12.3. The predicted molar refractivity (Wildman–Crippen MR) is 76.2 cm³/mol. The molecule has 0 N–H and O–H groups in total. The highest BCUT2D eigenvalue weighted by Gasteiger charge is 2.15. The molecule has 0 aliphatic heterocycles. The number of pyridine rings is 1. The van der Waals surface area contributed by atoms with Crippen LogP contribution in [0.1, 0.15) is 30.9 Å². The second-order valence-electron chi connectivity index (χ2n) is 4.70. The van der Waals surface area contributed by atoms with Crippen molar-refractivity contribution in [1.82, 2.24) is 4.98 Å². The average molecular weight is 308 g/mol. The van der Waals surface area contributed by atoms with Crippen LogP contribution in [0.15, 0.2) is 35.1 Å². The van der Waals surface area contributed by atoms with Gasteiger partial charge in [0, 0.05) is 21.8 Å². The summed E-state index contributed by atoms with van der Waals surface area (Å²) in [4.78, 5) is 3.98. The van der Waals surface area contributed by atoms with E-state index in [2.05, 4.69) is 20.9 Å². The number of hydrogen-bond acceptors (Lipinski definition) is 1. The minimum Gasteiger partial charge on any atom is -0.261 e. The lowest BCUT2D eigenvalue weighted by molar-refractivity contribution is 0.593. The van der Waals surface area contributed by atoms with Gasteiger partial charge in [-0.05, 0) is 36.1 Å². The predicted octanol–water partition coefficient (Wildman–Crippen LogP) is 5.08. The van der Waals surface area contributed by atoms with E-state index in [1.54, 1.807) is 6.20 Å². The third kappa shape index (κ3) is 2.46. The van der Waals surface area contributed by atoms with Crippen molar-refractivity contribution < 1.29 is 4.39 Å². The molecule has 2 rings (SSSR count). The van der Waals surface area contributed by atoms with Crippen LogP contribution in [-0.4, -0.2) is 4.98 Å². The SMILES string of the molecule is Cc1cc(Br)ccc1-c1cncc(F)c1C(C)C. The fraction of sp³-hybridized carbons (Fsp3) is 0.267. The average Bonchev–Trinajstić information content (AvgIpc) is 2.28. The number of nitrogens with zero attached hydrogens (tertiary/aromatic N) is 1. The van der Waals surface area contributed by atoms with Crippen LogP contribution in [0.4, 0.5) is 4.39 Å². The minimum absolute atomic E-state index is 0.131. The van der Waals surface area contributed by atoms with Gasteiger partial charge in [0.2, 0.25) is 0 Å². The standard InChI is InChI=1S/C15H15BrFN/c1-9(2)15-13(7-18-8-14(15)17)12-5-4-11(16)6-10(12)3/h4-9H,1-3H3. The van der Waals surface area contributed by atoms with Gasteiger partial charge in [-0.25, -0.2) is 4.39 Å². The molecule has 0 atom stereocenters. The molecule has 1 nitrogen and oxygen atoms in total. The zero-order chi connectivity index (χ0) is 13.3. The lowest BCUT2D eigenvalue weighted by atomic mass is 9.92. The Morgan fingerprint density at radius 2 is 1.89 bits per heavy atom. The van der Waals surface area contributed by atoms with Crippen LogP contribution in [0, 0.1) is 12.7 Å². The Kier molecular flexibility index (Phi) is 3.81. The Labute approximate surface area is 115 Å². The van der Waals surface area contributed by atoms with Gasteiger partial charge in [0.15, 0.2) is 0 Å². The Morgan fingerprint density at radius 3 is 2.50 bits per heavy atom. The van der Waals surface area contributed by atoms with Crippen molar-refractivity contribution in [2.24, 2.45) is 0 Å². The first-order valence-corrected chi connectivity index (χ1v) is 6.70. The Hall–Kier alpha value is -1.22. The van der Waals surface area contributed by atoms with E-state index >= 15 is 0 Å². The molecule has 0 fully saturated rings. The molecule has 2 aromatic rings. The summed E-state index contributed by atoms with van der Waals surface area (Å²) in [6.07, 6.45) is 3.03. The van der Waals surface area contributed by atoms with Crippen LogP contribution in [0.25, 0.3) is 11.1 Å². The van der Waals surface area contributed by atoms with Gasteiger partial charge < -0.3 is 0 Å². The molecule has 0 saturated carbocycles. The van der Waals surface area contributed by atoms with Crippen molar-refractivity contribution in [2.45, 2.75) is 26.7 Å². The van der Waals surface area contributed by atoms with Crippen molar-refractivity contribution in [2.75, 3.05) is 0 Å². The molecule has 18 heavy (non-hydrogen) atoms. The lowest BCUT2D eigenvalue weighted by Crippen LogP contribution is -1.99. The van der Waals surface area contributed by atoms with Gasteiger partial charge in [0.1, 0.15) is 5.82 Å². The van der Waals surface area contributed by atoms with E-state index in [1.807, 2.05) is 39.0 Å². The Balaban J connectivity index is 2.67. The van der Waals surface area contributed by atoms with Crippen LogP contribution >= 0.6 is 15.9 Å². The number of rotatable bonds is 2. The molecule has 0 bridgehead atoms. The van der Waals surface area contributed by atoms with Crippen molar-refractivity contribution in [3.63, 3.8) is 0 Å². The molecule has 0 spiro atoms. The number of benzene rings is 1. The highest BCUT2D eigenvalue weighted by atomic mass is 79.9. The maximum atomic E-state index is 13.9. The Bertz CT molecular complexity index is 579. The summed E-state index contributed by atoms with van der Waals surface area (Å²) in [6, 6.07) is 6.00. The van der Waals surface area contributed by atoms with Crippen LogP contribution in [0.3, 0.4) is 0 Å². The fourth-order valence-electron chi connectivity index (χ4n) is 2.18. The molecule has 3 heteroatoms. The van der Waals surface area contributed by atoms with E-state index in [0.717, 1.165) is 26.7 Å². The quantitative estimate of drug-likeness (QED) is 0.753. The van der Waals surface area contributed by atoms with E-state index in [4.69, 9.17) is 0 Å².